The summed E-state index contributed by atoms with van der Waals surface area (Å²) in [7, 11) is 0. The van der Waals surface area contributed by atoms with Crippen molar-refractivity contribution in [3.05, 3.63) is 255 Å². The van der Waals surface area contributed by atoms with E-state index in [1.807, 2.05) is 0 Å². The van der Waals surface area contributed by atoms with Gasteiger partial charge in [0.15, 0.2) is 0 Å². The topological polar surface area (TPSA) is 21.3 Å². The molecule has 0 amide bonds. The number of benzene rings is 12. The molecule has 69 heavy (non-hydrogen) atoms. The van der Waals surface area contributed by atoms with Gasteiger partial charge in [-0.3, -0.25) is 0 Å². The summed E-state index contributed by atoms with van der Waals surface area (Å²) in [5.74, 6) is 0. The molecule has 0 bridgehead atoms. The Morgan fingerprint density at radius 3 is 1.67 bits per heavy atom. The predicted octanol–water partition coefficient (Wildman–Crippen LogP) is 18.6. The number of para-hydroxylation sites is 2. The van der Waals surface area contributed by atoms with Gasteiger partial charge in [0.25, 0.3) is 0 Å². The Hall–Kier alpha value is -9.18. The maximum Gasteiger partial charge on any atom is 0.143 e. The Morgan fingerprint density at radius 1 is 0.304 bits per heavy atom. The number of furan rings is 1. The Morgan fingerprint density at radius 2 is 0.870 bits per heavy atom. The molecule has 14 rings (SSSR count). The van der Waals surface area contributed by atoms with Crippen molar-refractivity contribution in [1.82, 2.24) is 4.57 Å². The van der Waals surface area contributed by atoms with Gasteiger partial charge in [-0.2, -0.15) is 0 Å². The van der Waals surface area contributed by atoms with Crippen molar-refractivity contribution >= 4 is 93.1 Å². The van der Waals surface area contributed by atoms with Crippen LogP contribution in [0.2, 0.25) is 0 Å². The van der Waals surface area contributed by atoms with Gasteiger partial charge in [0, 0.05) is 49.6 Å². The lowest BCUT2D eigenvalue weighted by atomic mass is 9.94. The number of anilines is 3. The first-order chi connectivity index (χ1) is 34.2. The molecule has 14 aromatic rings. The number of nitrogens with zero attached hydrogens (tertiary/aromatic N) is 2. The molecule has 0 spiro atoms. The highest BCUT2D eigenvalue weighted by Crippen LogP contribution is 2.46. The van der Waals surface area contributed by atoms with Crippen LogP contribution < -0.4 is 4.90 Å². The van der Waals surface area contributed by atoms with Crippen molar-refractivity contribution in [1.29, 1.82) is 0 Å². The standard InChI is InChI=1S/C66H42N2O/c1-2-13-44(14-3-1)60-41-49(48-30-35-55-50(39-48)26-25-45-15-4-6-19-54(45)55)31-37-64(60)67(53-34-38-65-61(42-53)59-36-29-46-16-5-7-20-56(46)66(59)69-65)51-32-27-43(28-33-51)47-17-12-18-52(40-47)68-62-23-10-8-21-57(62)58-22-9-11-24-63(58)68/h1-42H. The van der Waals surface area contributed by atoms with Gasteiger partial charge in [-0.15, -0.1) is 0 Å². The molecule has 322 valence electrons. The molecule has 0 aliphatic rings. The smallest absolute Gasteiger partial charge is 0.143 e. The van der Waals surface area contributed by atoms with Crippen LogP contribution in [0.3, 0.4) is 0 Å². The van der Waals surface area contributed by atoms with Crippen molar-refractivity contribution in [2.24, 2.45) is 0 Å². The zero-order valence-electron chi connectivity index (χ0n) is 37.6. The minimum atomic E-state index is 0.867. The normalized spacial score (nSPS) is 11.8. The fraction of sp³-hybridized carbons (Fsp3) is 0. The zero-order chi connectivity index (χ0) is 45.4. The van der Waals surface area contributed by atoms with E-state index in [0.717, 1.165) is 77.9 Å². The van der Waals surface area contributed by atoms with E-state index in [9.17, 15) is 0 Å². The quantitative estimate of drug-likeness (QED) is 0.149. The first-order valence-electron chi connectivity index (χ1n) is 23.6. The lowest BCUT2D eigenvalue weighted by Gasteiger charge is -2.28. The van der Waals surface area contributed by atoms with Crippen molar-refractivity contribution < 1.29 is 4.42 Å². The zero-order valence-corrected chi connectivity index (χ0v) is 37.6. The van der Waals surface area contributed by atoms with Crippen LogP contribution in [0.25, 0.3) is 115 Å². The predicted molar refractivity (Wildman–Crippen MR) is 292 cm³/mol. The van der Waals surface area contributed by atoms with Crippen molar-refractivity contribution in [2.75, 3.05) is 4.90 Å². The van der Waals surface area contributed by atoms with E-state index >= 15 is 0 Å². The van der Waals surface area contributed by atoms with E-state index in [2.05, 4.69) is 264 Å². The Balaban J connectivity index is 0.931. The average Bonchev–Trinajstić information content (AvgIpc) is 3.97. The number of hydrogen-bond donors (Lipinski definition) is 0. The van der Waals surface area contributed by atoms with E-state index in [1.165, 1.54) is 54.3 Å². The fourth-order valence-corrected chi connectivity index (χ4v) is 10.8. The molecule has 0 unspecified atom stereocenters. The average molecular weight is 879 g/mol. The second kappa shape index (κ2) is 15.7. The van der Waals surface area contributed by atoms with E-state index in [4.69, 9.17) is 4.42 Å². The highest BCUT2D eigenvalue weighted by atomic mass is 16.3. The van der Waals surface area contributed by atoms with Crippen LogP contribution in [0, 0.1) is 0 Å². The van der Waals surface area contributed by atoms with Crippen molar-refractivity contribution in [3.8, 4) is 39.1 Å². The van der Waals surface area contributed by atoms with Gasteiger partial charge >= 0.3 is 0 Å². The summed E-state index contributed by atoms with van der Waals surface area (Å²) in [5, 5.41) is 12.0. The third-order valence-electron chi connectivity index (χ3n) is 14.1. The van der Waals surface area contributed by atoms with Crippen molar-refractivity contribution in [3.63, 3.8) is 0 Å². The van der Waals surface area contributed by atoms with Gasteiger partial charge in [-0.05, 0) is 134 Å². The van der Waals surface area contributed by atoms with Crippen LogP contribution >= 0.6 is 0 Å². The highest BCUT2D eigenvalue weighted by molar-refractivity contribution is 6.16. The molecule has 3 nitrogen and oxygen atoms in total. The third kappa shape index (κ3) is 6.43. The largest absolute Gasteiger partial charge is 0.455 e. The summed E-state index contributed by atoms with van der Waals surface area (Å²) in [6.45, 7) is 0. The van der Waals surface area contributed by atoms with Crippen molar-refractivity contribution in [2.45, 2.75) is 0 Å². The van der Waals surface area contributed by atoms with Gasteiger partial charge in [-0.1, -0.05) is 176 Å². The van der Waals surface area contributed by atoms with Gasteiger partial charge in [-0.25, -0.2) is 0 Å². The van der Waals surface area contributed by atoms with Crippen LogP contribution in [-0.2, 0) is 0 Å². The van der Waals surface area contributed by atoms with Crippen LogP contribution in [0.5, 0.6) is 0 Å². The Kier molecular flexibility index (Phi) is 8.90. The summed E-state index contributed by atoms with van der Waals surface area (Å²) in [6, 6.07) is 92.6. The molecule has 2 heterocycles. The maximum absolute atomic E-state index is 6.65. The molecule has 0 N–H and O–H groups in total. The first kappa shape index (κ1) is 39.0. The minimum Gasteiger partial charge on any atom is -0.455 e. The Bertz CT molecular complexity index is 4260. The van der Waals surface area contributed by atoms with Gasteiger partial charge in [0.2, 0.25) is 0 Å². The molecule has 0 radical (unpaired) electrons. The van der Waals surface area contributed by atoms with E-state index in [1.54, 1.807) is 0 Å². The SMILES string of the molecule is c1ccc(-c2cc(-c3ccc4c(ccc5ccccc54)c3)ccc2N(c2ccc(-c3cccc(-n4c5ccccc5c5ccccc54)c3)cc2)c2ccc3oc4c5ccccc5ccc4c3c2)cc1. The molecular formula is C66H42N2O. The molecule has 3 heteroatoms. The number of rotatable bonds is 7. The molecule has 0 saturated heterocycles. The minimum absolute atomic E-state index is 0.867. The number of aromatic nitrogens is 1. The summed E-state index contributed by atoms with van der Waals surface area (Å²) in [5.41, 5.74) is 15.4. The summed E-state index contributed by atoms with van der Waals surface area (Å²) in [6.07, 6.45) is 0. The molecule has 0 atom stereocenters. The van der Waals surface area contributed by atoms with E-state index in [-0.39, 0.29) is 0 Å². The first-order valence-corrected chi connectivity index (χ1v) is 23.6. The molecule has 0 fully saturated rings. The fourth-order valence-electron chi connectivity index (χ4n) is 10.8. The molecule has 0 aliphatic carbocycles. The van der Waals surface area contributed by atoms with Crippen LogP contribution in [0.4, 0.5) is 17.1 Å². The second-order valence-electron chi connectivity index (χ2n) is 18.1. The van der Waals surface area contributed by atoms with E-state index in [0.29, 0.717) is 0 Å². The van der Waals surface area contributed by atoms with Gasteiger partial charge in [0.1, 0.15) is 11.2 Å². The molecular weight excluding hydrogens is 837 g/mol. The monoisotopic (exact) mass is 878 g/mol. The summed E-state index contributed by atoms with van der Waals surface area (Å²) in [4.78, 5) is 2.41. The lowest BCUT2D eigenvalue weighted by molar-refractivity contribution is 0.672. The third-order valence-corrected chi connectivity index (χ3v) is 14.1. The van der Waals surface area contributed by atoms with Crippen LogP contribution in [0.1, 0.15) is 0 Å². The van der Waals surface area contributed by atoms with Gasteiger partial charge < -0.3 is 13.9 Å². The highest BCUT2D eigenvalue weighted by Gasteiger charge is 2.21. The number of hydrogen-bond acceptors (Lipinski definition) is 2. The lowest BCUT2D eigenvalue weighted by Crippen LogP contribution is -2.11. The maximum atomic E-state index is 6.65. The van der Waals surface area contributed by atoms with Crippen LogP contribution in [-0.4, -0.2) is 4.57 Å². The van der Waals surface area contributed by atoms with E-state index < -0.39 is 0 Å². The molecule has 0 saturated carbocycles. The molecule has 12 aromatic carbocycles. The molecule has 0 aliphatic heterocycles. The Labute approximate surface area is 399 Å². The number of fused-ring (bicyclic) bond motifs is 11. The summed E-state index contributed by atoms with van der Waals surface area (Å²) < 4.78 is 9.04. The summed E-state index contributed by atoms with van der Waals surface area (Å²) >= 11 is 0. The van der Waals surface area contributed by atoms with Crippen LogP contribution in [0.15, 0.2) is 259 Å². The second-order valence-corrected chi connectivity index (χ2v) is 18.1. The molecule has 2 aromatic heterocycles. The van der Waals surface area contributed by atoms with Gasteiger partial charge in [0.05, 0.1) is 16.7 Å².